The standard InChI is InChI=1S/C11H12N4O/c1-11(2)10(16)14-7-5-13-9-6(3-4-12-9)8(7)15-11/h3-5,15H,1-2H3,(H,12,13)(H,14,16). The van der Waals surface area contributed by atoms with Crippen LogP contribution in [0.2, 0.25) is 0 Å². The molecule has 1 aliphatic rings. The van der Waals surface area contributed by atoms with Crippen LogP contribution in [0, 0.1) is 0 Å². The number of carbonyl (C=O) groups excluding carboxylic acids is 1. The van der Waals surface area contributed by atoms with E-state index in [1.807, 2.05) is 26.1 Å². The molecule has 16 heavy (non-hydrogen) atoms. The van der Waals surface area contributed by atoms with Gasteiger partial charge in [-0.15, -0.1) is 0 Å². The van der Waals surface area contributed by atoms with E-state index < -0.39 is 5.54 Å². The number of hydrogen-bond donors (Lipinski definition) is 3. The van der Waals surface area contributed by atoms with Crippen molar-refractivity contribution in [3.05, 3.63) is 18.5 Å². The van der Waals surface area contributed by atoms with Gasteiger partial charge in [0.2, 0.25) is 5.91 Å². The smallest absolute Gasteiger partial charge is 0.249 e. The van der Waals surface area contributed by atoms with Gasteiger partial charge < -0.3 is 15.6 Å². The zero-order chi connectivity index (χ0) is 11.3. The van der Waals surface area contributed by atoms with Crippen LogP contribution < -0.4 is 10.6 Å². The average molecular weight is 216 g/mol. The number of fused-ring (bicyclic) bond motifs is 3. The number of carbonyl (C=O) groups is 1. The van der Waals surface area contributed by atoms with E-state index in [-0.39, 0.29) is 5.91 Å². The lowest BCUT2D eigenvalue weighted by atomic mass is 10.00. The summed E-state index contributed by atoms with van der Waals surface area (Å²) >= 11 is 0. The predicted molar refractivity (Wildman–Crippen MR) is 62.4 cm³/mol. The van der Waals surface area contributed by atoms with Gasteiger partial charge in [-0.1, -0.05) is 0 Å². The second kappa shape index (κ2) is 2.75. The summed E-state index contributed by atoms with van der Waals surface area (Å²) in [6.07, 6.45) is 3.50. The summed E-state index contributed by atoms with van der Waals surface area (Å²) < 4.78 is 0. The van der Waals surface area contributed by atoms with Crippen molar-refractivity contribution < 1.29 is 4.79 Å². The minimum Gasteiger partial charge on any atom is -0.369 e. The van der Waals surface area contributed by atoms with Crippen LogP contribution in [0.25, 0.3) is 11.0 Å². The maximum atomic E-state index is 11.7. The van der Waals surface area contributed by atoms with Crippen LogP contribution in [0.15, 0.2) is 18.5 Å². The van der Waals surface area contributed by atoms with Crippen LogP contribution >= 0.6 is 0 Å². The molecule has 1 aliphatic heterocycles. The molecule has 0 fully saturated rings. The summed E-state index contributed by atoms with van der Waals surface area (Å²) in [5.41, 5.74) is 1.88. The number of aromatic amines is 1. The number of aromatic nitrogens is 2. The van der Waals surface area contributed by atoms with E-state index in [0.717, 1.165) is 22.4 Å². The molecule has 3 N–H and O–H groups in total. The van der Waals surface area contributed by atoms with Crippen LogP contribution in [-0.4, -0.2) is 21.4 Å². The van der Waals surface area contributed by atoms with Gasteiger partial charge in [0.25, 0.3) is 0 Å². The fourth-order valence-corrected chi connectivity index (χ4v) is 1.89. The van der Waals surface area contributed by atoms with E-state index in [4.69, 9.17) is 0 Å². The van der Waals surface area contributed by atoms with Gasteiger partial charge in [-0.25, -0.2) is 4.98 Å². The van der Waals surface area contributed by atoms with E-state index in [1.54, 1.807) is 6.20 Å². The van der Waals surface area contributed by atoms with Crippen LogP contribution in [-0.2, 0) is 4.79 Å². The third kappa shape index (κ3) is 1.11. The molecule has 0 saturated heterocycles. The average Bonchev–Trinajstić information content (AvgIpc) is 2.68. The monoisotopic (exact) mass is 216 g/mol. The second-order valence-electron chi connectivity index (χ2n) is 4.49. The number of amides is 1. The fourth-order valence-electron chi connectivity index (χ4n) is 1.89. The first kappa shape index (κ1) is 9.21. The van der Waals surface area contributed by atoms with Crippen LogP contribution in [0.3, 0.4) is 0 Å². The Labute approximate surface area is 92.3 Å². The summed E-state index contributed by atoms with van der Waals surface area (Å²) in [5.74, 6) is -0.0447. The van der Waals surface area contributed by atoms with Crippen molar-refractivity contribution in [1.82, 2.24) is 9.97 Å². The van der Waals surface area contributed by atoms with E-state index in [1.165, 1.54) is 0 Å². The Morgan fingerprint density at radius 3 is 3.00 bits per heavy atom. The molecule has 0 atom stereocenters. The molecule has 0 aliphatic carbocycles. The van der Waals surface area contributed by atoms with Crippen molar-refractivity contribution in [1.29, 1.82) is 0 Å². The zero-order valence-electron chi connectivity index (χ0n) is 9.09. The fraction of sp³-hybridized carbons (Fsp3) is 0.273. The van der Waals surface area contributed by atoms with Crippen LogP contribution in [0.1, 0.15) is 13.8 Å². The maximum absolute atomic E-state index is 11.7. The van der Waals surface area contributed by atoms with Gasteiger partial charge in [0.15, 0.2) is 0 Å². The molecule has 1 amide bonds. The second-order valence-corrected chi connectivity index (χ2v) is 4.49. The van der Waals surface area contributed by atoms with Crippen molar-refractivity contribution >= 4 is 28.3 Å². The molecule has 3 rings (SSSR count). The maximum Gasteiger partial charge on any atom is 0.249 e. The third-order valence-corrected chi connectivity index (χ3v) is 2.84. The quantitative estimate of drug-likeness (QED) is 0.627. The number of nitrogens with one attached hydrogen (secondary N) is 3. The topological polar surface area (TPSA) is 69.8 Å². The van der Waals surface area contributed by atoms with E-state index in [2.05, 4.69) is 20.6 Å². The molecular formula is C11H12N4O. The van der Waals surface area contributed by atoms with E-state index in [0.29, 0.717) is 0 Å². The highest BCUT2D eigenvalue weighted by atomic mass is 16.2. The normalized spacial score (nSPS) is 17.8. The molecule has 0 unspecified atom stereocenters. The molecule has 3 heterocycles. The first-order valence-corrected chi connectivity index (χ1v) is 5.14. The Morgan fingerprint density at radius 2 is 2.19 bits per heavy atom. The molecular weight excluding hydrogens is 204 g/mol. The van der Waals surface area contributed by atoms with Gasteiger partial charge in [0.1, 0.15) is 11.2 Å². The van der Waals surface area contributed by atoms with Crippen molar-refractivity contribution in [3.8, 4) is 0 Å². The summed E-state index contributed by atoms with van der Waals surface area (Å²) in [5, 5.41) is 7.09. The largest absolute Gasteiger partial charge is 0.369 e. The lowest BCUT2D eigenvalue weighted by molar-refractivity contribution is -0.119. The third-order valence-electron chi connectivity index (χ3n) is 2.84. The number of pyridine rings is 1. The summed E-state index contributed by atoms with van der Waals surface area (Å²) in [7, 11) is 0. The summed E-state index contributed by atoms with van der Waals surface area (Å²) in [4.78, 5) is 19.0. The van der Waals surface area contributed by atoms with Gasteiger partial charge in [0.05, 0.1) is 17.6 Å². The lowest BCUT2D eigenvalue weighted by Crippen LogP contribution is -2.47. The van der Waals surface area contributed by atoms with Crippen molar-refractivity contribution in [2.75, 3.05) is 10.6 Å². The van der Waals surface area contributed by atoms with Gasteiger partial charge in [-0.2, -0.15) is 0 Å². The van der Waals surface area contributed by atoms with Crippen LogP contribution in [0.4, 0.5) is 11.4 Å². The first-order valence-electron chi connectivity index (χ1n) is 5.14. The number of anilines is 2. The van der Waals surface area contributed by atoms with Crippen molar-refractivity contribution in [2.24, 2.45) is 0 Å². The highest BCUT2D eigenvalue weighted by Gasteiger charge is 2.33. The Bertz CT molecular complexity index is 585. The lowest BCUT2D eigenvalue weighted by Gasteiger charge is -2.32. The molecule has 5 heteroatoms. The van der Waals surface area contributed by atoms with E-state index >= 15 is 0 Å². The Balaban J connectivity index is 2.26. The SMILES string of the molecule is CC1(C)Nc2c(cnc3[nH]ccc23)NC1=O. The molecule has 0 radical (unpaired) electrons. The first-order chi connectivity index (χ1) is 7.58. The Morgan fingerprint density at radius 1 is 1.38 bits per heavy atom. The Hall–Kier alpha value is -2.04. The number of rotatable bonds is 0. The molecule has 2 aromatic rings. The zero-order valence-corrected chi connectivity index (χ0v) is 9.09. The van der Waals surface area contributed by atoms with Gasteiger partial charge in [-0.05, 0) is 19.9 Å². The molecule has 0 aromatic carbocycles. The molecule has 0 saturated carbocycles. The Kier molecular flexibility index (Phi) is 1.58. The van der Waals surface area contributed by atoms with Crippen LogP contribution in [0.5, 0.6) is 0 Å². The number of H-pyrrole nitrogens is 1. The molecule has 0 spiro atoms. The minimum atomic E-state index is -0.599. The van der Waals surface area contributed by atoms with E-state index in [9.17, 15) is 4.79 Å². The highest BCUT2D eigenvalue weighted by molar-refractivity contribution is 6.10. The number of nitrogens with zero attached hydrogens (tertiary/aromatic N) is 1. The van der Waals surface area contributed by atoms with Gasteiger partial charge in [0, 0.05) is 11.6 Å². The van der Waals surface area contributed by atoms with Gasteiger partial charge in [-0.3, -0.25) is 4.79 Å². The van der Waals surface area contributed by atoms with Crippen molar-refractivity contribution in [2.45, 2.75) is 19.4 Å². The summed E-state index contributed by atoms with van der Waals surface area (Å²) in [6.45, 7) is 3.70. The molecule has 0 bridgehead atoms. The minimum absolute atomic E-state index is 0.0447. The van der Waals surface area contributed by atoms with Gasteiger partial charge >= 0.3 is 0 Å². The van der Waals surface area contributed by atoms with Crippen molar-refractivity contribution in [3.63, 3.8) is 0 Å². The highest BCUT2D eigenvalue weighted by Crippen LogP contribution is 2.35. The molecule has 82 valence electrons. The predicted octanol–water partition coefficient (Wildman–Crippen LogP) is 1.71. The summed E-state index contributed by atoms with van der Waals surface area (Å²) in [6, 6.07) is 1.95. The molecule has 5 nitrogen and oxygen atoms in total. The molecule has 2 aromatic heterocycles. The number of hydrogen-bond acceptors (Lipinski definition) is 3.